The quantitative estimate of drug-likeness (QED) is 0.502. The Labute approximate surface area is 204 Å². The van der Waals surface area contributed by atoms with Gasteiger partial charge in [-0.05, 0) is 60.2 Å². The Morgan fingerprint density at radius 3 is 2.21 bits per heavy atom. The molecule has 0 radical (unpaired) electrons. The van der Waals surface area contributed by atoms with E-state index in [1.165, 1.54) is 16.4 Å². The predicted molar refractivity (Wildman–Crippen MR) is 133 cm³/mol. The molecule has 3 aromatic rings. The van der Waals surface area contributed by atoms with Gasteiger partial charge in [0.15, 0.2) is 0 Å². The lowest BCUT2D eigenvalue weighted by molar-refractivity contribution is 0.0746. The summed E-state index contributed by atoms with van der Waals surface area (Å²) in [5, 5.41) is 0.451. The van der Waals surface area contributed by atoms with Gasteiger partial charge in [0.05, 0.1) is 18.5 Å². The van der Waals surface area contributed by atoms with E-state index < -0.39 is 10.0 Å². The minimum atomic E-state index is -3.53. The van der Waals surface area contributed by atoms with Crippen LogP contribution in [0.4, 0.5) is 15.8 Å². The first-order chi connectivity index (χ1) is 16.2. The van der Waals surface area contributed by atoms with Gasteiger partial charge < -0.3 is 9.80 Å². The van der Waals surface area contributed by atoms with Crippen molar-refractivity contribution in [2.45, 2.75) is 6.54 Å². The van der Waals surface area contributed by atoms with Gasteiger partial charge in [-0.1, -0.05) is 29.8 Å². The van der Waals surface area contributed by atoms with Crippen LogP contribution in [0.1, 0.15) is 15.9 Å². The summed E-state index contributed by atoms with van der Waals surface area (Å²) in [5.74, 6) is -0.339. The highest BCUT2D eigenvalue weighted by Gasteiger charge is 2.23. The molecule has 0 atom stereocenters. The van der Waals surface area contributed by atoms with Crippen LogP contribution in [0.5, 0.6) is 0 Å². The van der Waals surface area contributed by atoms with Gasteiger partial charge in [0, 0.05) is 42.5 Å². The normalized spacial score (nSPS) is 14.2. The van der Waals surface area contributed by atoms with Crippen molar-refractivity contribution in [3.63, 3.8) is 0 Å². The van der Waals surface area contributed by atoms with Crippen LogP contribution >= 0.6 is 11.6 Å². The second-order valence-corrected chi connectivity index (χ2v) is 10.5. The lowest BCUT2D eigenvalue weighted by Gasteiger charge is -2.36. The van der Waals surface area contributed by atoms with Crippen molar-refractivity contribution in [1.82, 2.24) is 4.90 Å². The van der Waals surface area contributed by atoms with E-state index in [0.29, 0.717) is 42.5 Å². The molecule has 0 unspecified atom stereocenters. The molecule has 1 saturated heterocycles. The second kappa shape index (κ2) is 10.0. The fourth-order valence-electron chi connectivity index (χ4n) is 3.95. The SMILES string of the molecule is CS(=O)(=O)N(Cc1ccc(C(=O)N2CCN(c3ccc(F)cc3)CC2)cc1)c1cccc(Cl)c1. The van der Waals surface area contributed by atoms with E-state index in [2.05, 4.69) is 4.90 Å². The van der Waals surface area contributed by atoms with Gasteiger partial charge in [-0.15, -0.1) is 0 Å². The number of anilines is 2. The Bertz CT molecular complexity index is 1260. The minimum absolute atomic E-state index is 0.0693. The standard InChI is InChI=1S/C25H25ClFN3O3S/c1-34(32,33)30(24-4-2-3-21(26)17-24)18-19-5-7-20(8-6-19)25(31)29-15-13-28(14-16-29)23-11-9-22(27)10-12-23/h2-12,17H,13-16,18H2,1H3. The molecule has 0 spiro atoms. The predicted octanol–water partition coefficient (Wildman–Crippen LogP) is 4.41. The van der Waals surface area contributed by atoms with Crippen molar-refractivity contribution < 1.29 is 17.6 Å². The van der Waals surface area contributed by atoms with Crippen molar-refractivity contribution >= 4 is 38.9 Å². The zero-order valence-electron chi connectivity index (χ0n) is 18.7. The van der Waals surface area contributed by atoms with Crippen LogP contribution in [-0.4, -0.2) is 51.7 Å². The highest BCUT2D eigenvalue weighted by Crippen LogP contribution is 2.24. The largest absolute Gasteiger partial charge is 0.368 e. The Hall–Kier alpha value is -3.10. The molecule has 1 heterocycles. The lowest BCUT2D eigenvalue weighted by Crippen LogP contribution is -2.48. The summed E-state index contributed by atoms with van der Waals surface area (Å²) in [6.45, 7) is 2.59. The van der Waals surface area contributed by atoms with Gasteiger partial charge in [0.1, 0.15) is 5.82 Å². The topological polar surface area (TPSA) is 60.9 Å². The van der Waals surface area contributed by atoms with Crippen LogP contribution in [0.25, 0.3) is 0 Å². The summed E-state index contributed by atoms with van der Waals surface area (Å²) in [4.78, 5) is 16.9. The lowest BCUT2D eigenvalue weighted by atomic mass is 10.1. The molecule has 6 nitrogen and oxygen atoms in total. The van der Waals surface area contributed by atoms with Crippen molar-refractivity contribution in [2.24, 2.45) is 0 Å². The molecule has 9 heteroatoms. The number of rotatable bonds is 6. The minimum Gasteiger partial charge on any atom is -0.368 e. The molecular weight excluding hydrogens is 477 g/mol. The molecule has 0 aliphatic carbocycles. The number of carbonyl (C=O) groups excluding carboxylic acids is 1. The number of carbonyl (C=O) groups is 1. The smallest absolute Gasteiger partial charge is 0.253 e. The van der Waals surface area contributed by atoms with Gasteiger partial charge in [-0.3, -0.25) is 9.10 Å². The summed E-state index contributed by atoms with van der Waals surface area (Å²) >= 11 is 6.04. The van der Waals surface area contributed by atoms with Gasteiger partial charge in [-0.25, -0.2) is 12.8 Å². The number of nitrogens with zero attached hydrogens (tertiary/aromatic N) is 3. The third-order valence-corrected chi connectivity index (χ3v) is 7.16. The number of sulfonamides is 1. The highest BCUT2D eigenvalue weighted by molar-refractivity contribution is 7.92. The molecule has 178 valence electrons. The van der Waals surface area contributed by atoms with Gasteiger partial charge >= 0.3 is 0 Å². The molecule has 1 aliphatic heterocycles. The van der Waals surface area contributed by atoms with E-state index in [1.54, 1.807) is 65.6 Å². The van der Waals surface area contributed by atoms with E-state index in [4.69, 9.17) is 11.6 Å². The van der Waals surface area contributed by atoms with Gasteiger partial charge in [0.25, 0.3) is 5.91 Å². The number of amides is 1. The van der Waals surface area contributed by atoms with Crippen molar-refractivity contribution in [3.8, 4) is 0 Å². The van der Waals surface area contributed by atoms with Crippen LogP contribution in [0, 0.1) is 5.82 Å². The average Bonchev–Trinajstić information content (AvgIpc) is 2.82. The molecule has 34 heavy (non-hydrogen) atoms. The molecule has 0 bridgehead atoms. The Kier molecular flexibility index (Phi) is 7.09. The summed E-state index contributed by atoms with van der Waals surface area (Å²) < 4.78 is 39.2. The molecule has 0 aromatic heterocycles. The van der Waals surface area contributed by atoms with E-state index in [-0.39, 0.29) is 18.3 Å². The van der Waals surface area contributed by atoms with Crippen LogP contribution in [-0.2, 0) is 16.6 Å². The number of piperazine rings is 1. The monoisotopic (exact) mass is 501 g/mol. The summed E-state index contributed by atoms with van der Waals surface area (Å²) in [6.07, 6.45) is 1.15. The first-order valence-corrected chi connectivity index (χ1v) is 13.1. The van der Waals surface area contributed by atoms with Gasteiger partial charge in [0.2, 0.25) is 10.0 Å². The third-order valence-electron chi connectivity index (χ3n) is 5.78. The number of halogens is 2. The van der Waals surface area contributed by atoms with Gasteiger partial charge in [-0.2, -0.15) is 0 Å². The van der Waals surface area contributed by atoms with Crippen LogP contribution in [0.3, 0.4) is 0 Å². The molecule has 4 rings (SSSR count). The summed E-state index contributed by atoms with van der Waals surface area (Å²) in [7, 11) is -3.53. The molecular formula is C25H25ClFN3O3S. The van der Waals surface area contributed by atoms with E-state index >= 15 is 0 Å². The fourth-order valence-corrected chi connectivity index (χ4v) is 5.02. The van der Waals surface area contributed by atoms with Crippen molar-refractivity contribution in [1.29, 1.82) is 0 Å². The van der Waals surface area contributed by atoms with Crippen molar-refractivity contribution in [2.75, 3.05) is 41.6 Å². The maximum absolute atomic E-state index is 13.2. The molecule has 1 amide bonds. The average molecular weight is 502 g/mol. The molecule has 0 N–H and O–H groups in total. The van der Waals surface area contributed by atoms with Crippen LogP contribution < -0.4 is 9.21 Å². The third kappa shape index (κ3) is 5.69. The first kappa shape index (κ1) is 24.0. The summed E-state index contributed by atoms with van der Waals surface area (Å²) in [6, 6.07) is 20.0. The zero-order valence-corrected chi connectivity index (χ0v) is 20.3. The maximum Gasteiger partial charge on any atom is 0.253 e. The maximum atomic E-state index is 13.2. The highest BCUT2D eigenvalue weighted by atomic mass is 35.5. The Morgan fingerprint density at radius 1 is 0.971 bits per heavy atom. The van der Waals surface area contributed by atoms with E-state index in [9.17, 15) is 17.6 Å². The molecule has 1 aliphatic rings. The molecule has 0 saturated carbocycles. The van der Waals surface area contributed by atoms with Crippen molar-refractivity contribution in [3.05, 3.63) is 94.8 Å². The Morgan fingerprint density at radius 2 is 1.62 bits per heavy atom. The molecule has 1 fully saturated rings. The number of benzene rings is 3. The number of hydrogen-bond acceptors (Lipinski definition) is 4. The zero-order chi connectivity index (χ0) is 24.3. The first-order valence-electron chi connectivity index (χ1n) is 10.8. The van der Waals surface area contributed by atoms with E-state index in [1.807, 2.05) is 0 Å². The Balaban J connectivity index is 1.41. The number of hydrogen-bond donors (Lipinski definition) is 0. The fraction of sp³-hybridized carbons (Fsp3) is 0.240. The summed E-state index contributed by atoms with van der Waals surface area (Å²) in [5.41, 5.74) is 2.72. The second-order valence-electron chi connectivity index (χ2n) is 8.20. The molecule has 3 aromatic carbocycles. The van der Waals surface area contributed by atoms with E-state index in [0.717, 1.165) is 17.5 Å². The van der Waals surface area contributed by atoms with Crippen LogP contribution in [0.15, 0.2) is 72.8 Å². The van der Waals surface area contributed by atoms with Crippen LogP contribution in [0.2, 0.25) is 5.02 Å².